The second-order valence-corrected chi connectivity index (χ2v) is 6.92. The Kier molecular flexibility index (Phi) is 4.88. The molecule has 140 valence electrons. The Morgan fingerprint density at radius 1 is 1.07 bits per heavy atom. The number of aromatic amines is 1. The van der Waals surface area contributed by atoms with Crippen LogP contribution in [-0.2, 0) is 4.74 Å². The minimum atomic E-state index is -1.45. The molecular formula is C20H20N2O5. The summed E-state index contributed by atoms with van der Waals surface area (Å²) < 4.78 is 5.43. The van der Waals surface area contributed by atoms with Gasteiger partial charge in [0.15, 0.2) is 0 Å². The molecule has 2 fully saturated rings. The number of fused-ring (bicyclic) bond motifs is 1. The summed E-state index contributed by atoms with van der Waals surface area (Å²) in [5.74, 6) is 12.6. The zero-order valence-electron chi connectivity index (χ0n) is 14.5. The molecule has 1 aromatic heterocycles. The van der Waals surface area contributed by atoms with E-state index in [1.165, 1.54) is 0 Å². The Bertz CT molecular complexity index is 957. The monoisotopic (exact) mass is 368 g/mol. The average Bonchev–Trinajstić information content (AvgIpc) is 3.39. The first-order valence-corrected chi connectivity index (χ1v) is 8.87. The van der Waals surface area contributed by atoms with Crippen LogP contribution in [0.3, 0.4) is 0 Å². The molecule has 1 aliphatic carbocycles. The number of benzene rings is 1. The lowest BCUT2D eigenvalue weighted by Crippen LogP contribution is -2.58. The van der Waals surface area contributed by atoms with E-state index < -0.39 is 37.1 Å². The molecule has 0 bridgehead atoms. The first kappa shape index (κ1) is 18.0. The van der Waals surface area contributed by atoms with Crippen LogP contribution in [0.25, 0.3) is 10.9 Å². The highest BCUT2D eigenvalue weighted by atomic mass is 16.5. The molecule has 2 aromatic rings. The van der Waals surface area contributed by atoms with Gasteiger partial charge in [0.25, 0.3) is 0 Å². The van der Waals surface area contributed by atoms with E-state index in [1.807, 2.05) is 12.1 Å². The van der Waals surface area contributed by atoms with Crippen LogP contribution in [0.1, 0.15) is 24.0 Å². The number of rotatable bonds is 1. The standard InChI is InChI=1S/C20H20N2O5/c23-10-16-19(25)20(26)18(24)15(27-16)6-5-13-7-12(4-3-11-1-2-11)8-14-9-21-22-17(13)14/h7-9,11,15-16,18-20,23-26H,1-2,10H2,(H,21,22)/t15-,16-,18-,19-,20-/m1/s1. The van der Waals surface area contributed by atoms with E-state index in [1.54, 1.807) is 6.20 Å². The highest BCUT2D eigenvalue weighted by Gasteiger charge is 2.42. The minimum absolute atomic E-state index is 0.480. The molecule has 0 unspecified atom stereocenters. The molecule has 0 amide bonds. The summed E-state index contributed by atoms with van der Waals surface area (Å²) in [4.78, 5) is 0. The topological polar surface area (TPSA) is 119 Å². The summed E-state index contributed by atoms with van der Waals surface area (Å²) in [7, 11) is 0. The lowest BCUT2D eigenvalue weighted by Gasteiger charge is -2.37. The Labute approximate surface area is 156 Å². The largest absolute Gasteiger partial charge is 0.394 e. The van der Waals surface area contributed by atoms with Gasteiger partial charge in [-0.3, -0.25) is 5.10 Å². The third-order valence-corrected chi connectivity index (χ3v) is 4.79. The maximum atomic E-state index is 10.1. The molecule has 27 heavy (non-hydrogen) atoms. The normalized spacial score (nSPS) is 30.3. The van der Waals surface area contributed by atoms with Gasteiger partial charge in [0.2, 0.25) is 0 Å². The van der Waals surface area contributed by atoms with Crippen molar-refractivity contribution in [2.45, 2.75) is 43.4 Å². The van der Waals surface area contributed by atoms with Gasteiger partial charge >= 0.3 is 0 Å². The average molecular weight is 368 g/mol. The number of hydrogen-bond acceptors (Lipinski definition) is 6. The number of ether oxygens (including phenoxy) is 1. The van der Waals surface area contributed by atoms with Crippen LogP contribution in [0.15, 0.2) is 18.3 Å². The number of aliphatic hydroxyl groups is 4. The van der Waals surface area contributed by atoms with Gasteiger partial charge in [-0.05, 0) is 25.0 Å². The Morgan fingerprint density at radius 3 is 2.63 bits per heavy atom. The SMILES string of the molecule is OC[C@H]1O[C@H](C#Cc2cc(C#CC3CC3)cc3cn[nH]c23)[C@@H](O)[C@@H](O)[C@@H]1O. The number of nitrogens with one attached hydrogen (secondary N) is 1. The second kappa shape index (κ2) is 7.32. The Morgan fingerprint density at radius 2 is 1.89 bits per heavy atom. The van der Waals surface area contributed by atoms with E-state index >= 15 is 0 Å². The summed E-state index contributed by atoms with van der Waals surface area (Å²) in [5.41, 5.74) is 2.21. The van der Waals surface area contributed by atoms with Gasteiger partial charge in [-0.1, -0.05) is 23.7 Å². The zero-order valence-corrected chi connectivity index (χ0v) is 14.5. The van der Waals surface area contributed by atoms with Crippen LogP contribution in [0.4, 0.5) is 0 Å². The highest BCUT2D eigenvalue weighted by molar-refractivity contribution is 5.85. The van der Waals surface area contributed by atoms with Gasteiger partial charge in [-0.25, -0.2) is 0 Å². The highest BCUT2D eigenvalue weighted by Crippen LogP contribution is 2.28. The van der Waals surface area contributed by atoms with E-state index in [0.29, 0.717) is 11.5 Å². The maximum Gasteiger partial charge on any atom is 0.147 e. The van der Waals surface area contributed by atoms with Gasteiger partial charge in [-0.2, -0.15) is 5.10 Å². The maximum absolute atomic E-state index is 10.1. The molecule has 4 rings (SSSR count). The van der Waals surface area contributed by atoms with Crippen LogP contribution in [0.2, 0.25) is 0 Å². The van der Waals surface area contributed by atoms with Crippen molar-refractivity contribution in [2.75, 3.05) is 6.61 Å². The van der Waals surface area contributed by atoms with Crippen molar-refractivity contribution < 1.29 is 25.2 Å². The van der Waals surface area contributed by atoms with Crippen LogP contribution >= 0.6 is 0 Å². The van der Waals surface area contributed by atoms with Crippen molar-refractivity contribution in [3.63, 3.8) is 0 Å². The fourth-order valence-corrected chi connectivity index (χ4v) is 3.01. The summed E-state index contributed by atoms with van der Waals surface area (Å²) in [6, 6.07) is 3.78. The van der Waals surface area contributed by atoms with Crippen LogP contribution in [-0.4, -0.2) is 67.8 Å². The van der Waals surface area contributed by atoms with Crippen molar-refractivity contribution in [2.24, 2.45) is 5.92 Å². The minimum Gasteiger partial charge on any atom is -0.394 e. The number of hydrogen-bond donors (Lipinski definition) is 5. The van der Waals surface area contributed by atoms with Crippen LogP contribution in [0, 0.1) is 29.6 Å². The second-order valence-electron chi connectivity index (χ2n) is 6.92. The zero-order chi connectivity index (χ0) is 19.0. The Balaban J connectivity index is 1.65. The van der Waals surface area contributed by atoms with E-state index in [4.69, 9.17) is 4.74 Å². The van der Waals surface area contributed by atoms with Gasteiger partial charge in [0, 0.05) is 16.9 Å². The van der Waals surface area contributed by atoms with Gasteiger partial charge in [-0.15, -0.1) is 0 Å². The van der Waals surface area contributed by atoms with Crippen molar-refractivity contribution in [3.05, 3.63) is 29.5 Å². The lowest BCUT2D eigenvalue weighted by atomic mass is 9.95. The first-order valence-electron chi connectivity index (χ1n) is 8.87. The van der Waals surface area contributed by atoms with Crippen LogP contribution < -0.4 is 0 Å². The molecule has 1 aliphatic heterocycles. The first-order chi connectivity index (χ1) is 13.1. The molecule has 7 heteroatoms. The third kappa shape index (κ3) is 3.70. The van der Waals surface area contributed by atoms with Crippen molar-refractivity contribution in [3.8, 4) is 23.7 Å². The predicted molar refractivity (Wildman–Crippen MR) is 96.3 cm³/mol. The molecule has 0 radical (unpaired) electrons. The van der Waals surface area contributed by atoms with E-state index in [-0.39, 0.29) is 0 Å². The number of aromatic nitrogens is 2. The van der Waals surface area contributed by atoms with E-state index in [9.17, 15) is 20.4 Å². The summed E-state index contributed by atoms with van der Waals surface area (Å²) in [6.45, 7) is -0.486. The molecule has 1 aromatic carbocycles. The molecule has 5 N–H and O–H groups in total. The number of nitrogens with zero attached hydrogens (tertiary/aromatic N) is 1. The molecule has 5 atom stereocenters. The molecule has 2 heterocycles. The summed E-state index contributed by atoms with van der Waals surface area (Å²) in [5, 5.41) is 46.9. The smallest absolute Gasteiger partial charge is 0.147 e. The molecular weight excluding hydrogens is 348 g/mol. The summed E-state index contributed by atoms with van der Waals surface area (Å²) in [6.07, 6.45) is -2.27. The van der Waals surface area contributed by atoms with Crippen molar-refractivity contribution in [1.82, 2.24) is 10.2 Å². The van der Waals surface area contributed by atoms with Gasteiger partial charge < -0.3 is 25.2 Å². The van der Waals surface area contributed by atoms with Crippen molar-refractivity contribution in [1.29, 1.82) is 0 Å². The number of H-pyrrole nitrogens is 1. The predicted octanol–water partition coefficient (Wildman–Crippen LogP) is -0.482. The molecule has 7 nitrogen and oxygen atoms in total. The third-order valence-electron chi connectivity index (χ3n) is 4.79. The van der Waals surface area contributed by atoms with E-state index in [2.05, 4.69) is 33.9 Å². The molecule has 1 saturated heterocycles. The summed E-state index contributed by atoms with van der Waals surface area (Å²) >= 11 is 0. The van der Waals surface area contributed by atoms with Gasteiger partial charge in [0.1, 0.15) is 30.5 Å². The fraction of sp³-hybridized carbons (Fsp3) is 0.450. The number of aliphatic hydroxyl groups excluding tert-OH is 4. The van der Waals surface area contributed by atoms with Crippen molar-refractivity contribution >= 4 is 10.9 Å². The molecule has 2 aliphatic rings. The lowest BCUT2D eigenvalue weighted by molar-refractivity contribution is -0.214. The quantitative estimate of drug-likeness (QED) is 0.434. The van der Waals surface area contributed by atoms with Gasteiger partial charge in [0.05, 0.1) is 23.9 Å². The Hall–Kier alpha value is -2.39. The van der Waals surface area contributed by atoms with Crippen LogP contribution in [0.5, 0.6) is 0 Å². The molecule has 1 saturated carbocycles. The fourth-order valence-electron chi connectivity index (χ4n) is 3.01. The van der Waals surface area contributed by atoms with E-state index in [0.717, 1.165) is 29.3 Å². The molecule has 0 spiro atoms.